The highest BCUT2D eigenvalue weighted by atomic mass is 16.5. The van der Waals surface area contributed by atoms with Crippen LogP contribution in [0, 0.1) is 0 Å². The smallest absolute Gasteiger partial charge is 0.330 e. The molecule has 0 amide bonds. The number of allylic oxidation sites excluding steroid dienone is 5. The summed E-state index contributed by atoms with van der Waals surface area (Å²) in [6.07, 6.45) is 8.71. The Balaban J connectivity index is 4.05. The van der Waals surface area contributed by atoms with Crippen molar-refractivity contribution in [2.24, 2.45) is 0 Å². The summed E-state index contributed by atoms with van der Waals surface area (Å²) >= 11 is 0. The molecule has 0 aliphatic heterocycles. The third kappa shape index (κ3) is 12.4. The third-order valence-electron chi connectivity index (χ3n) is 3.12. The van der Waals surface area contributed by atoms with Crippen LogP contribution in [0.5, 0.6) is 0 Å². The molecule has 0 spiro atoms. The molecular weight excluding hydrogens is 280 g/mol. The second-order valence-electron chi connectivity index (χ2n) is 5.87. The average molecular weight is 310 g/mol. The molecule has 0 aromatic carbocycles. The van der Waals surface area contributed by atoms with E-state index in [1.54, 1.807) is 0 Å². The number of hydrogen-bond acceptors (Lipinski definition) is 4. The third-order valence-corrected chi connectivity index (χ3v) is 3.12. The summed E-state index contributed by atoms with van der Waals surface area (Å²) < 4.78 is 4.82. The average Bonchev–Trinajstić information content (AvgIpc) is 2.44. The van der Waals surface area contributed by atoms with Crippen LogP contribution in [0.25, 0.3) is 0 Å². The first-order valence-electron chi connectivity index (χ1n) is 7.77. The van der Waals surface area contributed by atoms with E-state index in [1.165, 1.54) is 17.2 Å². The van der Waals surface area contributed by atoms with Gasteiger partial charge in [0.25, 0.3) is 0 Å². The van der Waals surface area contributed by atoms with E-state index in [1.807, 2.05) is 6.92 Å². The van der Waals surface area contributed by atoms with E-state index in [0.29, 0.717) is 0 Å². The van der Waals surface area contributed by atoms with Crippen molar-refractivity contribution < 1.29 is 19.7 Å². The number of aliphatic hydroxyl groups is 2. The van der Waals surface area contributed by atoms with E-state index in [-0.39, 0.29) is 6.61 Å². The Hall–Kier alpha value is -1.39. The first kappa shape index (κ1) is 20.6. The van der Waals surface area contributed by atoms with E-state index in [2.05, 4.69) is 32.9 Å². The Morgan fingerprint density at radius 1 is 1.05 bits per heavy atom. The summed E-state index contributed by atoms with van der Waals surface area (Å²) in [5, 5.41) is 17.7. The monoisotopic (exact) mass is 310 g/mol. The second-order valence-corrected chi connectivity index (χ2v) is 5.87. The molecule has 0 aromatic heterocycles. The Morgan fingerprint density at radius 2 is 1.64 bits per heavy atom. The molecule has 0 aromatic rings. The highest BCUT2D eigenvalue weighted by molar-refractivity contribution is 5.82. The maximum Gasteiger partial charge on any atom is 0.330 e. The van der Waals surface area contributed by atoms with E-state index in [0.717, 1.165) is 31.3 Å². The van der Waals surface area contributed by atoms with Crippen LogP contribution < -0.4 is 0 Å². The minimum atomic E-state index is -1.01. The molecule has 1 atom stereocenters. The van der Waals surface area contributed by atoms with Gasteiger partial charge in [0, 0.05) is 6.08 Å². The molecule has 0 heterocycles. The highest BCUT2D eigenvalue weighted by Crippen LogP contribution is 2.11. The van der Waals surface area contributed by atoms with Gasteiger partial charge in [0.05, 0.1) is 6.61 Å². The topological polar surface area (TPSA) is 66.8 Å². The van der Waals surface area contributed by atoms with Gasteiger partial charge in [0.1, 0.15) is 12.7 Å². The molecule has 22 heavy (non-hydrogen) atoms. The molecular formula is C18H30O4. The number of esters is 1. The first-order chi connectivity index (χ1) is 10.3. The van der Waals surface area contributed by atoms with Crippen molar-refractivity contribution in [1.82, 2.24) is 0 Å². The van der Waals surface area contributed by atoms with Crippen molar-refractivity contribution in [1.29, 1.82) is 0 Å². The Bertz CT molecular complexity index is 415. The van der Waals surface area contributed by atoms with Gasteiger partial charge in [0.2, 0.25) is 0 Å². The molecule has 0 fully saturated rings. The molecule has 0 aliphatic carbocycles. The first-order valence-corrected chi connectivity index (χ1v) is 7.77. The fourth-order valence-corrected chi connectivity index (χ4v) is 1.78. The number of hydrogen-bond donors (Lipinski definition) is 2. The van der Waals surface area contributed by atoms with E-state index >= 15 is 0 Å². The predicted molar refractivity (Wildman–Crippen MR) is 89.5 cm³/mol. The SMILES string of the molecule is CC(C)=CCC/C(C)=C/CCC(C)=CC(=O)OCC(O)CO. The minimum absolute atomic E-state index is 0.178. The van der Waals surface area contributed by atoms with Gasteiger partial charge in [-0.25, -0.2) is 4.79 Å². The molecule has 4 heteroatoms. The summed E-state index contributed by atoms with van der Waals surface area (Å²) in [7, 11) is 0. The van der Waals surface area contributed by atoms with Crippen LogP contribution in [0.2, 0.25) is 0 Å². The highest BCUT2D eigenvalue weighted by Gasteiger charge is 2.05. The summed E-state index contributed by atoms with van der Waals surface area (Å²) in [6, 6.07) is 0. The van der Waals surface area contributed by atoms with Crippen molar-refractivity contribution in [3.63, 3.8) is 0 Å². The van der Waals surface area contributed by atoms with E-state index < -0.39 is 18.7 Å². The molecule has 4 nitrogen and oxygen atoms in total. The normalized spacial score (nSPS) is 13.7. The largest absolute Gasteiger partial charge is 0.460 e. The summed E-state index contributed by atoms with van der Waals surface area (Å²) in [6.45, 7) is 7.63. The van der Waals surface area contributed by atoms with E-state index in [9.17, 15) is 4.79 Å². The van der Waals surface area contributed by atoms with Crippen molar-refractivity contribution >= 4 is 5.97 Å². The van der Waals surface area contributed by atoms with Crippen LogP contribution in [0.3, 0.4) is 0 Å². The van der Waals surface area contributed by atoms with Crippen LogP contribution in [0.4, 0.5) is 0 Å². The fourth-order valence-electron chi connectivity index (χ4n) is 1.78. The molecule has 2 N–H and O–H groups in total. The van der Waals surface area contributed by atoms with E-state index in [4.69, 9.17) is 14.9 Å². The van der Waals surface area contributed by atoms with Crippen molar-refractivity contribution in [2.45, 2.75) is 59.5 Å². The van der Waals surface area contributed by atoms with Gasteiger partial charge in [0.15, 0.2) is 0 Å². The van der Waals surface area contributed by atoms with Gasteiger partial charge >= 0.3 is 5.97 Å². The summed E-state index contributed by atoms with van der Waals surface area (Å²) in [5.74, 6) is -0.478. The van der Waals surface area contributed by atoms with Gasteiger partial charge in [-0.1, -0.05) is 28.9 Å². The molecule has 0 saturated heterocycles. The lowest BCUT2D eigenvalue weighted by Gasteiger charge is -2.07. The van der Waals surface area contributed by atoms with Crippen LogP contribution in [0.1, 0.15) is 53.4 Å². The van der Waals surface area contributed by atoms with Crippen LogP contribution in [-0.4, -0.2) is 35.5 Å². The molecule has 0 bridgehead atoms. The molecule has 0 radical (unpaired) electrons. The number of carbonyl (C=O) groups excluding carboxylic acids is 1. The number of rotatable bonds is 10. The molecule has 0 aliphatic rings. The zero-order valence-electron chi connectivity index (χ0n) is 14.3. The Kier molecular flexibility index (Phi) is 11.4. The lowest BCUT2D eigenvalue weighted by molar-refractivity contribution is -0.141. The number of aliphatic hydroxyl groups excluding tert-OH is 2. The summed E-state index contributed by atoms with van der Waals surface area (Å²) in [4.78, 5) is 11.5. The standard InChI is InChI=1S/C18H30O4/c1-14(2)7-5-8-15(3)9-6-10-16(4)11-18(21)22-13-17(20)12-19/h7,9,11,17,19-20H,5-6,8,10,12-13H2,1-4H3/b15-9+,16-11?. The van der Waals surface area contributed by atoms with Gasteiger partial charge in [-0.2, -0.15) is 0 Å². The van der Waals surface area contributed by atoms with Gasteiger partial charge in [-0.3, -0.25) is 0 Å². The van der Waals surface area contributed by atoms with Crippen LogP contribution >= 0.6 is 0 Å². The zero-order chi connectivity index (χ0) is 17.0. The summed E-state index contributed by atoms with van der Waals surface area (Å²) in [5.41, 5.74) is 3.65. The Morgan fingerprint density at radius 3 is 2.23 bits per heavy atom. The van der Waals surface area contributed by atoms with Gasteiger partial charge in [-0.05, 0) is 53.4 Å². The molecule has 1 unspecified atom stereocenters. The lowest BCUT2D eigenvalue weighted by atomic mass is 10.1. The minimum Gasteiger partial charge on any atom is -0.460 e. The van der Waals surface area contributed by atoms with Crippen molar-refractivity contribution in [3.05, 3.63) is 34.9 Å². The maximum absolute atomic E-state index is 11.5. The van der Waals surface area contributed by atoms with Crippen molar-refractivity contribution in [3.8, 4) is 0 Å². The number of carbonyl (C=O) groups is 1. The lowest BCUT2D eigenvalue weighted by Crippen LogP contribution is -2.21. The molecule has 0 rings (SSSR count). The quantitative estimate of drug-likeness (QED) is 0.369. The zero-order valence-corrected chi connectivity index (χ0v) is 14.3. The van der Waals surface area contributed by atoms with Crippen LogP contribution in [0.15, 0.2) is 34.9 Å². The maximum atomic E-state index is 11.5. The second kappa shape index (κ2) is 12.2. The fraction of sp³-hybridized carbons (Fsp3) is 0.611. The van der Waals surface area contributed by atoms with Gasteiger partial charge < -0.3 is 14.9 Å². The molecule has 0 saturated carbocycles. The van der Waals surface area contributed by atoms with Gasteiger partial charge in [-0.15, -0.1) is 0 Å². The number of ether oxygens (including phenoxy) is 1. The van der Waals surface area contributed by atoms with Crippen LogP contribution in [-0.2, 0) is 9.53 Å². The predicted octanol–water partition coefficient (Wildman–Crippen LogP) is 3.30. The molecule has 126 valence electrons. The Labute approximate surface area is 134 Å². The van der Waals surface area contributed by atoms with Crippen molar-refractivity contribution in [2.75, 3.05) is 13.2 Å².